The molecule has 0 bridgehead atoms. The molecule has 0 heterocycles. The first-order chi connectivity index (χ1) is 8.87. The molecule has 0 spiro atoms. The van der Waals surface area contributed by atoms with Gasteiger partial charge < -0.3 is 5.73 Å². The van der Waals surface area contributed by atoms with Crippen LogP contribution in [0.4, 0.5) is 35.1 Å². The van der Waals surface area contributed by atoms with Crippen molar-refractivity contribution in [2.75, 3.05) is 0 Å². The summed E-state index contributed by atoms with van der Waals surface area (Å²) in [6, 6.07) is -1.47. The third-order valence-corrected chi connectivity index (χ3v) is 2.72. The lowest BCUT2D eigenvalue weighted by atomic mass is 9.90. The predicted octanol–water partition coefficient (Wildman–Crippen LogP) is 4.01. The molecule has 0 saturated carbocycles. The van der Waals surface area contributed by atoms with Gasteiger partial charge in [-0.3, -0.25) is 0 Å². The second-order valence-electron chi connectivity index (χ2n) is 4.18. The van der Waals surface area contributed by atoms with E-state index >= 15 is 0 Å². The van der Waals surface area contributed by atoms with Crippen molar-refractivity contribution in [3.05, 3.63) is 34.9 Å². The molecule has 0 aliphatic carbocycles. The summed E-state index contributed by atoms with van der Waals surface area (Å²) in [5.41, 5.74) is 3.13. The summed E-state index contributed by atoms with van der Waals surface area (Å²) in [6.45, 7) is 1.07. The summed E-state index contributed by atoms with van der Waals surface area (Å²) >= 11 is 0. The first-order valence-electron chi connectivity index (χ1n) is 5.21. The third kappa shape index (κ3) is 3.20. The SMILES string of the molecule is Cc1ccc(F)c(C(N)C(C(F)(F)F)C(F)(F)F)c1F. The lowest BCUT2D eigenvalue weighted by Crippen LogP contribution is -2.44. The van der Waals surface area contributed by atoms with Crippen LogP contribution in [0.1, 0.15) is 17.2 Å². The van der Waals surface area contributed by atoms with Crippen LogP contribution in [0, 0.1) is 24.5 Å². The zero-order chi connectivity index (χ0) is 15.9. The van der Waals surface area contributed by atoms with Crippen molar-refractivity contribution in [1.82, 2.24) is 0 Å². The highest BCUT2D eigenvalue weighted by Crippen LogP contribution is 2.46. The van der Waals surface area contributed by atoms with Crippen LogP contribution < -0.4 is 5.73 Å². The van der Waals surface area contributed by atoms with E-state index in [9.17, 15) is 35.1 Å². The molecule has 0 fully saturated rings. The van der Waals surface area contributed by atoms with Crippen LogP contribution in [0.5, 0.6) is 0 Å². The Hall–Kier alpha value is -1.38. The van der Waals surface area contributed by atoms with E-state index in [1.165, 1.54) is 0 Å². The molecule has 9 heteroatoms. The number of hydrogen-bond donors (Lipinski definition) is 1. The molecule has 0 aliphatic rings. The predicted molar refractivity (Wildman–Crippen MR) is 53.6 cm³/mol. The molecule has 0 radical (unpaired) electrons. The van der Waals surface area contributed by atoms with Crippen molar-refractivity contribution in [3.8, 4) is 0 Å². The average molecular weight is 307 g/mol. The zero-order valence-electron chi connectivity index (χ0n) is 9.91. The van der Waals surface area contributed by atoms with Crippen LogP contribution in [0.3, 0.4) is 0 Å². The summed E-state index contributed by atoms with van der Waals surface area (Å²) in [5, 5.41) is 0. The van der Waals surface area contributed by atoms with Crippen molar-refractivity contribution in [2.45, 2.75) is 25.3 Å². The van der Waals surface area contributed by atoms with E-state index < -0.39 is 41.5 Å². The molecule has 0 aliphatic heterocycles. The first kappa shape index (κ1) is 16.7. The number of hydrogen-bond acceptors (Lipinski definition) is 1. The summed E-state index contributed by atoms with van der Waals surface area (Å²) in [6.07, 6.45) is -11.6. The standard InChI is InChI=1S/C11H9F8N/c1-4-2-3-5(12)6(7(4)13)8(20)9(10(14,15)16)11(17,18)19/h2-3,8-9H,20H2,1H3. The molecule has 1 rings (SSSR count). The van der Waals surface area contributed by atoms with E-state index in [-0.39, 0.29) is 5.56 Å². The second kappa shape index (κ2) is 5.19. The van der Waals surface area contributed by atoms with Gasteiger partial charge in [0.2, 0.25) is 0 Å². The molecule has 114 valence electrons. The summed E-state index contributed by atoms with van der Waals surface area (Å²) < 4.78 is 102. The lowest BCUT2D eigenvalue weighted by molar-refractivity contribution is -0.290. The highest BCUT2D eigenvalue weighted by atomic mass is 19.4. The third-order valence-electron chi connectivity index (χ3n) is 2.72. The lowest BCUT2D eigenvalue weighted by Gasteiger charge is -2.29. The van der Waals surface area contributed by atoms with Crippen LogP contribution in [0.15, 0.2) is 12.1 Å². The maximum Gasteiger partial charge on any atom is 0.402 e. The van der Waals surface area contributed by atoms with Gasteiger partial charge in [-0.2, -0.15) is 26.3 Å². The first-order valence-corrected chi connectivity index (χ1v) is 5.21. The van der Waals surface area contributed by atoms with Crippen molar-refractivity contribution in [1.29, 1.82) is 0 Å². The number of alkyl halides is 6. The van der Waals surface area contributed by atoms with Crippen molar-refractivity contribution in [2.24, 2.45) is 11.7 Å². The monoisotopic (exact) mass is 307 g/mol. The van der Waals surface area contributed by atoms with Gasteiger partial charge in [0.25, 0.3) is 0 Å². The van der Waals surface area contributed by atoms with Crippen LogP contribution in [-0.4, -0.2) is 12.4 Å². The van der Waals surface area contributed by atoms with Gasteiger partial charge in [0.1, 0.15) is 11.6 Å². The van der Waals surface area contributed by atoms with Crippen LogP contribution in [-0.2, 0) is 0 Å². The Bertz CT molecular complexity index is 476. The fraction of sp³-hybridized carbons (Fsp3) is 0.455. The molecule has 1 atom stereocenters. The minimum atomic E-state index is -5.78. The molecule has 1 nitrogen and oxygen atoms in total. The van der Waals surface area contributed by atoms with Gasteiger partial charge in [0.15, 0.2) is 5.92 Å². The molecule has 1 aromatic rings. The van der Waals surface area contributed by atoms with Gasteiger partial charge in [0, 0.05) is 5.56 Å². The van der Waals surface area contributed by atoms with E-state index in [0.717, 1.165) is 13.0 Å². The second-order valence-corrected chi connectivity index (χ2v) is 4.18. The van der Waals surface area contributed by atoms with Crippen molar-refractivity contribution < 1.29 is 35.1 Å². The van der Waals surface area contributed by atoms with Crippen molar-refractivity contribution in [3.63, 3.8) is 0 Å². The molecule has 20 heavy (non-hydrogen) atoms. The smallest absolute Gasteiger partial charge is 0.323 e. The zero-order valence-corrected chi connectivity index (χ0v) is 9.91. The van der Waals surface area contributed by atoms with Gasteiger partial charge in [-0.05, 0) is 18.6 Å². The summed E-state index contributed by atoms with van der Waals surface area (Å²) in [5.74, 6) is -7.13. The Labute approximate surface area is 108 Å². The largest absolute Gasteiger partial charge is 0.402 e. The Morgan fingerprint density at radius 2 is 1.40 bits per heavy atom. The van der Waals surface area contributed by atoms with Gasteiger partial charge in [-0.25, -0.2) is 8.78 Å². The van der Waals surface area contributed by atoms with Gasteiger partial charge in [-0.1, -0.05) is 6.07 Å². The summed E-state index contributed by atoms with van der Waals surface area (Å²) in [4.78, 5) is 0. The molecule has 1 aromatic carbocycles. The van der Waals surface area contributed by atoms with Gasteiger partial charge >= 0.3 is 12.4 Å². The fourth-order valence-corrected chi connectivity index (χ4v) is 1.74. The number of nitrogens with two attached hydrogens (primary N) is 1. The van der Waals surface area contributed by atoms with Crippen LogP contribution in [0.25, 0.3) is 0 Å². The van der Waals surface area contributed by atoms with E-state index in [2.05, 4.69) is 0 Å². The maximum absolute atomic E-state index is 13.6. The fourth-order valence-electron chi connectivity index (χ4n) is 1.74. The number of aryl methyl sites for hydroxylation is 1. The molecule has 1 unspecified atom stereocenters. The van der Waals surface area contributed by atoms with E-state index in [4.69, 9.17) is 5.73 Å². The molecule has 2 N–H and O–H groups in total. The molecular formula is C11H9F8N. The maximum atomic E-state index is 13.6. The van der Waals surface area contributed by atoms with Crippen LogP contribution in [0.2, 0.25) is 0 Å². The minimum absolute atomic E-state index is 0.306. The Balaban J connectivity index is 3.42. The molecule has 0 saturated heterocycles. The average Bonchev–Trinajstić information content (AvgIpc) is 2.19. The molecular weight excluding hydrogens is 298 g/mol. The normalized spacial score (nSPS) is 14.8. The highest BCUT2D eigenvalue weighted by molar-refractivity contribution is 5.30. The Morgan fingerprint density at radius 3 is 1.80 bits per heavy atom. The van der Waals surface area contributed by atoms with E-state index in [1.54, 1.807) is 0 Å². The number of benzene rings is 1. The topological polar surface area (TPSA) is 26.0 Å². The van der Waals surface area contributed by atoms with Gasteiger partial charge in [-0.15, -0.1) is 0 Å². The van der Waals surface area contributed by atoms with E-state index in [1.807, 2.05) is 0 Å². The summed E-state index contributed by atoms with van der Waals surface area (Å²) in [7, 11) is 0. The molecule has 0 amide bonds. The quantitative estimate of drug-likeness (QED) is 0.821. The minimum Gasteiger partial charge on any atom is -0.323 e. The van der Waals surface area contributed by atoms with E-state index in [0.29, 0.717) is 6.07 Å². The number of rotatable bonds is 2. The Kier molecular flexibility index (Phi) is 4.33. The Morgan fingerprint density at radius 1 is 0.950 bits per heavy atom. The van der Waals surface area contributed by atoms with Gasteiger partial charge in [0.05, 0.1) is 6.04 Å². The van der Waals surface area contributed by atoms with Crippen LogP contribution >= 0.6 is 0 Å². The van der Waals surface area contributed by atoms with Crippen molar-refractivity contribution >= 4 is 0 Å². The molecule has 0 aromatic heterocycles. The number of halogens is 8. The highest BCUT2D eigenvalue weighted by Gasteiger charge is 2.60.